The molecule has 2 rings (SSSR count). The number of nitrogens with one attached hydrogen (secondary N) is 1. The Bertz CT molecular complexity index is 686. The van der Waals surface area contributed by atoms with Crippen molar-refractivity contribution >= 4 is 17.5 Å². The molecule has 1 aromatic heterocycles. The molecule has 1 N–H and O–H groups in total. The van der Waals surface area contributed by atoms with E-state index in [1.54, 1.807) is 20.2 Å². The van der Waals surface area contributed by atoms with Crippen LogP contribution >= 0.6 is 0 Å². The van der Waals surface area contributed by atoms with Crippen molar-refractivity contribution in [1.29, 1.82) is 0 Å². The molecule has 0 aliphatic heterocycles. The average molecular weight is 287 g/mol. The van der Waals surface area contributed by atoms with Crippen LogP contribution < -0.4 is 5.32 Å². The van der Waals surface area contributed by atoms with Crippen LogP contribution in [0.5, 0.6) is 0 Å². The van der Waals surface area contributed by atoms with Crippen LogP contribution in [-0.4, -0.2) is 35.8 Å². The topological polar surface area (TPSA) is 62.3 Å². The summed E-state index contributed by atoms with van der Waals surface area (Å²) < 4.78 is 13.1. The number of amides is 2. The van der Waals surface area contributed by atoms with Gasteiger partial charge in [-0.3, -0.25) is 14.6 Å². The summed E-state index contributed by atoms with van der Waals surface area (Å²) >= 11 is 0. The summed E-state index contributed by atoms with van der Waals surface area (Å²) in [6.07, 6.45) is 1.43. The van der Waals surface area contributed by atoms with Gasteiger partial charge in [0.1, 0.15) is 11.5 Å². The first kappa shape index (κ1) is 14.6. The van der Waals surface area contributed by atoms with Crippen molar-refractivity contribution in [3.63, 3.8) is 0 Å². The fourth-order valence-corrected chi connectivity index (χ4v) is 1.69. The highest BCUT2D eigenvalue weighted by Crippen LogP contribution is 2.12. The maximum absolute atomic E-state index is 13.1. The van der Waals surface area contributed by atoms with Gasteiger partial charge in [0.05, 0.1) is 0 Å². The van der Waals surface area contributed by atoms with Gasteiger partial charge in [0.15, 0.2) is 0 Å². The second-order valence-electron chi connectivity index (χ2n) is 4.59. The van der Waals surface area contributed by atoms with Crippen molar-refractivity contribution in [3.8, 4) is 0 Å². The maximum Gasteiger partial charge on any atom is 0.272 e. The van der Waals surface area contributed by atoms with Crippen LogP contribution in [0.15, 0.2) is 42.6 Å². The van der Waals surface area contributed by atoms with Crippen LogP contribution in [0.4, 0.5) is 10.1 Å². The van der Waals surface area contributed by atoms with Crippen LogP contribution in [0.3, 0.4) is 0 Å². The highest BCUT2D eigenvalue weighted by atomic mass is 19.1. The van der Waals surface area contributed by atoms with E-state index in [1.165, 1.54) is 35.4 Å². The van der Waals surface area contributed by atoms with Gasteiger partial charge in [0.2, 0.25) is 0 Å². The zero-order chi connectivity index (χ0) is 15.4. The SMILES string of the molecule is CN(C)C(=O)c1cc(NC(=O)c2cccc(F)c2)ccn1. The van der Waals surface area contributed by atoms with Crippen molar-refractivity contribution in [2.24, 2.45) is 0 Å². The molecular weight excluding hydrogens is 273 g/mol. The van der Waals surface area contributed by atoms with Crippen molar-refractivity contribution in [1.82, 2.24) is 9.88 Å². The van der Waals surface area contributed by atoms with Crippen LogP contribution in [0.2, 0.25) is 0 Å². The van der Waals surface area contributed by atoms with Crippen LogP contribution in [0.25, 0.3) is 0 Å². The van der Waals surface area contributed by atoms with Gasteiger partial charge in [-0.05, 0) is 30.3 Å². The molecule has 0 radical (unpaired) electrons. The highest BCUT2D eigenvalue weighted by molar-refractivity contribution is 6.04. The first-order valence-electron chi connectivity index (χ1n) is 6.22. The summed E-state index contributed by atoms with van der Waals surface area (Å²) in [7, 11) is 3.23. The third-order valence-electron chi connectivity index (χ3n) is 2.73. The molecule has 2 amide bonds. The third kappa shape index (κ3) is 3.62. The molecule has 2 aromatic rings. The predicted molar refractivity (Wildman–Crippen MR) is 76.6 cm³/mol. The molecule has 0 saturated carbocycles. The largest absolute Gasteiger partial charge is 0.343 e. The number of anilines is 1. The summed E-state index contributed by atoms with van der Waals surface area (Å²) in [6, 6.07) is 8.39. The lowest BCUT2D eigenvalue weighted by Crippen LogP contribution is -2.23. The summed E-state index contributed by atoms with van der Waals surface area (Å²) in [5.74, 6) is -1.21. The van der Waals surface area contributed by atoms with E-state index in [2.05, 4.69) is 10.3 Å². The van der Waals surface area contributed by atoms with Gasteiger partial charge in [0, 0.05) is 31.5 Å². The number of rotatable bonds is 3. The lowest BCUT2D eigenvalue weighted by Gasteiger charge is -2.11. The molecule has 6 heteroatoms. The van der Waals surface area contributed by atoms with Gasteiger partial charge in [-0.1, -0.05) is 6.07 Å². The lowest BCUT2D eigenvalue weighted by atomic mass is 10.2. The number of hydrogen-bond acceptors (Lipinski definition) is 3. The number of nitrogens with zero attached hydrogens (tertiary/aromatic N) is 2. The Balaban J connectivity index is 2.18. The second-order valence-corrected chi connectivity index (χ2v) is 4.59. The number of carbonyl (C=O) groups excluding carboxylic acids is 2. The fourth-order valence-electron chi connectivity index (χ4n) is 1.69. The second kappa shape index (κ2) is 6.13. The van der Waals surface area contributed by atoms with E-state index < -0.39 is 11.7 Å². The minimum atomic E-state index is -0.485. The molecule has 1 aromatic carbocycles. The van der Waals surface area contributed by atoms with Gasteiger partial charge >= 0.3 is 0 Å². The van der Waals surface area contributed by atoms with E-state index >= 15 is 0 Å². The van der Waals surface area contributed by atoms with Crippen molar-refractivity contribution in [2.75, 3.05) is 19.4 Å². The summed E-state index contributed by atoms with van der Waals surface area (Å²) in [6.45, 7) is 0. The molecular formula is C15H14FN3O2. The minimum absolute atomic E-state index is 0.201. The monoisotopic (exact) mass is 287 g/mol. The van der Waals surface area contributed by atoms with E-state index in [4.69, 9.17) is 0 Å². The molecule has 0 atom stereocenters. The van der Waals surface area contributed by atoms with E-state index in [-0.39, 0.29) is 17.2 Å². The molecule has 0 fully saturated rings. The first-order valence-corrected chi connectivity index (χ1v) is 6.22. The third-order valence-corrected chi connectivity index (χ3v) is 2.73. The molecule has 108 valence electrons. The molecule has 0 spiro atoms. The van der Waals surface area contributed by atoms with E-state index in [1.807, 2.05) is 0 Å². The Morgan fingerprint density at radius 2 is 1.95 bits per heavy atom. The van der Waals surface area contributed by atoms with Gasteiger partial charge in [-0.2, -0.15) is 0 Å². The fraction of sp³-hybridized carbons (Fsp3) is 0.133. The highest BCUT2D eigenvalue weighted by Gasteiger charge is 2.12. The van der Waals surface area contributed by atoms with Gasteiger partial charge in [-0.25, -0.2) is 4.39 Å². The number of halogens is 1. The molecule has 0 saturated heterocycles. The van der Waals surface area contributed by atoms with E-state index in [0.29, 0.717) is 5.69 Å². The molecule has 0 aliphatic rings. The van der Waals surface area contributed by atoms with Crippen molar-refractivity contribution < 1.29 is 14.0 Å². The van der Waals surface area contributed by atoms with Gasteiger partial charge in [0.25, 0.3) is 11.8 Å². The normalized spacial score (nSPS) is 10.0. The smallest absolute Gasteiger partial charge is 0.272 e. The standard InChI is InChI=1S/C15H14FN3O2/c1-19(2)15(21)13-9-12(6-7-17-13)18-14(20)10-4-3-5-11(16)8-10/h3-9H,1-2H3,(H,17,18,20). The molecule has 5 nitrogen and oxygen atoms in total. The van der Waals surface area contributed by atoms with Crippen LogP contribution in [-0.2, 0) is 0 Å². The Hall–Kier alpha value is -2.76. The van der Waals surface area contributed by atoms with Crippen LogP contribution in [0.1, 0.15) is 20.8 Å². The van der Waals surface area contributed by atoms with Gasteiger partial charge < -0.3 is 10.2 Å². The number of hydrogen-bond donors (Lipinski definition) is 1. The van der Waals surface area contributed by atoms with Crippen molar-refractivity contribution in [2.45, 2.75) is 0 Å². The Kier molecular flexibility index (Phi) is 4.27. The number of benzene rings is 1. The molecule has 1 heterocycles. The Morgan fingerprint density at radius 1 is 1.19 bits per heavy atom. The Morgan fingerprint density at radius 3 is 2.62 bits per heavy atom. The van der Waals surface area contributed by atoms with Crippen molar-refractivity contribution in [3.05, 3.63) is 59.7 Å². The summed E-state index contributed by atoms with van der Waals surface area (Å²) in [5, 5.41) is 2.60. The zero-order valence-corrected chi connectivity index (χ0v) is 11.6. The number of aromatic nitrogens is 1. The maximum atomic E-state index is 13.1. The molecule has 0 bridgehead atoms. The number of carbonyl (C=O) groups is 2. The first-order chi connectivity index (χ1) is 9.97. The lowest BCUT2D eigenvalue weighted by molar-refractivity contribution is 0.0821. The quantitative estimate of drug-likeness (QED) is 0.941. The predicted octanol–water partition coefficient (Wildman–Crippen LogP) is 2.17. The molecule has 21 heavy (non-hydrogen) atoms. The summed E-state index contributed by atoms with van der Waals surface area (Å²) in [4.78, 5) is 29.1. The van der Waals surface area contributed by atoms with E-state index in [0.717, 1.165) is 6.07 Å². The minimum Gasteiger partial charge on any atom is -0.343 e. The average Bonchev–Trinajstić information content (AvgIpc) is 2.46. The van der Waals surface area contributed by atoms with Crippen LogP contribution in [0, 0.1) is 5.82 Å². The zero-order valence-electron chi connectivity index (χ0n) is 11.6. The molecule has 0 unspecified atom stereocenters. The van der Waals surface area contributed by atoms with Gasteiger partial charge in [-0.15, -0.1) is 0 Å². The molecule has 0 aliphatic carbocycles. The van der Waals surface area contributed by atoms with E-state index in [9.17, 15) is 14.0 Å². The summed E-state index contributed by atoms with van der Waals surface area (Å²) in [5.41, 5.74) is 0.841. The number of pyridine rings is 1. The Labute approximate surface area is 121 Å².